The van der Waals surface area contributed by atoms with Crippen LogP contribution in [0.15, 0.2) is 60.8 Å². The van der Waals surface area contributed by atoms with Gasteiger partial charge in [0.25, 0.3) is 5.91 Å². The van der Waals surface area contributed by atoms with Crippen LogP contribution in [-0.2, 0) is 13.1 Å². The summed E-state index contributed by atoms with van der Waals surface area (Å²) in [6.07, 6.45) is 5.46. The van der Waals surface area contributed by atoms with Crippen LogP contribution in [0.4, 0.5) is 0 Å². The summed E-state index contributed by atoms with van der Waals surface area (Å²) in [5.74, 6) is 0.108. The molecule has 4 nitrogen and oxygen atoms in total. The molecular weight excluding hydrogens is 334 g/mol. The number of rotatable bonds is 7. The molecule has 4 rings (SSSR count). The summed E-state index contributed by atoms with van der Waals surface area (Å²) in [7, 11) is 0. The van der Waals surface area contributed by atoms with Crippen LogP contribution in [0.1, 0.15) is 41.6 Å². The number of aryl methyl sites for hydroxylation is 1. The van der Waals surface area contributed by atoms with Crippen molar-refractivity contribution in [1.82, 2.24) is 9.47 Å². The van der Waals surface area contributed by atoms with Gasteiger partial charge in [0.15, 0.2) is 0 Å². The number of carbonyl (C=O) groups excluding carboxylic acids is 1. The maximum atomic E-state index is 13.4. The summed E-state index contributed by atoms with van der Waals surface area (Å²) < 4.78 is 2.12. The Hall–Kier alpha value is -3.06. The second-order valence-corrected chi connectivity index (χ2v) is 7.16. The van der Waals surface area contributed by atoms with Crippen LogP contribution in [0.2, 0.25) is 0 Å². The van der Waals surface area contributed by atoms with Crippen molar-refractivity contribution in [3.05, 3.63) is 71.9 Å². The first-order valence-corrected chi connectivity index (χ1v) is 9.57. The van der Waals surface area contributed by atoms with E-state index < -0.39 is 0 Å². The number of para-hydroxylation sites is 1. The fourth-order valence-electron chi connectivity index (χ4n) is 3.62. The molecule has 1 aromatic heterocycles. The molecule has 0 aliphatic heterocycles. The molecule has 0 bridgehead atoms. The monoisotopic (exact) mass is 357 g/mol. The summed E-state index contributed by atoms with van der Waals surface area (Å²) >= 11 is 0. The van der Waals surface area contributed by atoms with Crippen LogP contribution in [0, 0.1) is 11.3 Å². The van der Waals surface area contributed by atoms with E-state index in [0.29, 0.717) is 19.0 Å². The Balaban J connectivity index is 1.65. The number of benzene rings is 2. The second-order valence-electron chi connectivity index (χ2n) is 7.16. The number of fused-ring (bicyclic) bond motifs is 1. The van der Waals surface area contributed by atoms with E-state index in [1.165, 1.54) is 0 Å². The minimum atomic E-state index is 0.108. The van der Waals surface area contributed by atoms with E-state index in [2.05, 4.69) is 28.8 Å². The highest BCUT2D eigenvalue weighted by molar-refractivity contribution is 6.07. The van der Waals surface area contributed by atoms with Gasteiger partial charge in [-0.05, 0) is 30.9 Å². The second kappa shape index (κ2) is 7.67. The molecule has 1 saturated carbocycles. The molecule has 3 aromatic rings. The van der Waals surface area contributed by atoms with Crippen LogP contribution in [0.25, 0.3) is 10.9 Å². The highest BCUT2D eigenvalue weighted by atomic mass is 16.2. The highest BCUT2D eigenvalue weighted by Gasteiger charge is 2.34. The molecule has 1 aliphatic carbocycles. The minimum absolute atomic E-state index is 0.108. The lowest BCUT2D eigenvalue weighted by atomic mass is 10.1. The first kappa shape index (κ1) is 17.4. The van der Waals surface area contributed by atoms with Gasteiger partial charge in [0, 0.05) is 42.7 Å². The molecule has 136 valence electrons. The number of hydrogen-bond donors (Lipinski definition) is 0. The van der Waals surface area contributed by atoms with Crippen molar-refractivity contribution in [2.24, 2.45) is 0 Å². The maximum Gasteiger partial charge on any atom is 0.256 e. The summed E-state index contributed by atoms with van der Waals surface area (Å²) in [4.78, 5) is 15.5. The number of carbonyl (C=O) groups is 1. The van der Waals surface area contributed by atoms with Crippen molar-refractivity contribution in [2.75, 3.05) is 0 Å². The molecule has 1 amide bonds. The van der Waals surface area contributed by atoms with Crippen molar-refractivity contribution in [1.29, 1.82) is 5.26 Å². The van der Waals surface area contributed by atoms with Gasteiger partial charge in [-0.1, -0.05) is 48.5 Å². The number of nitriles is 1. The normalized spacial score (nSPS) is 13.4. The fourth-order valence-corrected chi connectivity index (χ4v) is 3.62. The number of nitrogens with zero attached hydrogens (tertiary/aromatic N) is 3. The van der Waals surface area contributed by atoms with Crippen molar-refractivity contribution in [3.63, 3.8) is 0 Å². The van der Waals surface area contributed by atoms with E-state index in [-0.39, 0.29) is 5.91 Å². The van der Waals surface area contributed by atoms with E-state index in [4.69, 9.17) is 5.26 Å². The first-order valence-electron chi connectivity index (χ1n) is 9.57. The topological polar surface area (TPSA) is 49.0 Å². The lowest BCUT2D eigenvalue weighted by Crippen LogP contribution is -2.32. The van der Waals surface area contributed by atoms with Gasteiger partial charge in [0.1, 0.15) is 0 Å². The van der Waals surface area contributed by atoms with E-state index in [1.807, 2.05) is 47.5 Å². The summed E-state index contributed by atoms with van der Waals surface area (Å²) in [5, 5.41) is 9.81. The highest BCUT2D eigenvalue weighted by Crippen LogP contribution is 2.32. The Labute approximate surface area is 159 Å². The number of aromatic nitrogens is 1. The van der Waals surface area contributed by atoms with Crippen LogP contribution in [0.5, 0.6) is 0 Å². The average molecular weight is 357 g/mol. The molecule has 0 unspecified atom stereocenters. The zero-order chi connectivity index (χ0) is 18.6. The number of hydrogen-bond acceptors (Lipinski definition) is 2. The maximum absolute atomic E-state index is 13.4. The zero-order valence-electron chi connectivity index (χ0n) is 15.3. The Kier molecular flexibility index (Phi) is 4.93. The Morgan fingerprint density at radius 2 is 1.85 bits per heavy atom. The third-order valence-electron chi connectivity index (χ3n) is 5.15. The number of unbranched alkanes of at least 4 members (excludes halogenated alkanes) is 1. The molecule has 0 spiro atoms. The van der Waals surface area contributed by atoms with Gasteiger partial charge < -0.3 is 9.47 Å². The fraction of sp³-hybridized carbons (Fsp3) is 0.304. The van der Waals surface area contributed by atoms with Gasteiger partial charge in [0.05, 0.1) is 11.6 Å². The predicted molar refractivity (Wildman–Crippen MR) is 106 cm³/mol. The Morgan fingerprint density at radius 1 is 1.11 bits per heavy atom. The van der Waals surface area contributed by atoms with Crippen LogP contribution < -0.4 is 0 Å². The van der Waals surface area contributed by atoms with Crippen molar-refractivity contribution in [3.8, 4) is 6.07 Å². The molecule has 1 heterocycles. The van der Waals surface area contributed by atoms with Crippen LogP contribution >= 0.6 is 0 Å². The molecule has 4 heteroatoms. The van der Waals surface area contributed by atoms with Gasteiger partial charge in [-0.2, -0.15) is 5.26 Å². The largest absolute Gasteiger partial charge is 0.347 e. The van der Waals surface area contributed by atoms with Crippen LogP contribution in [-0.4, -0.2) is 21.4 Å². The van der Waals surface area contributed by atoms with E-state index >= 15 is 0 Å². The lowest BCUT2D eigenvalue weighted by Gasteiger charge is -2.22. The van der Waals surface area contributed by atoms with Gasteiger partial charge in [-0.15, -0.1) is 0 Å². The molecule has 0 N–H and O–H groups in total. The molecule has 0 atom stereocenters. The SMILES string of the molecule is N#CCCCn1cc(C(=O)N(Cc2ccccc2)C2CC2)c2ccccc21. The molecule has 0 saturated heterocycles. The molecular formula is C23H23N3O. The summed E-state index contributed by atoms with van der Waals surface area (Å²) in [5.41, 5.74) is 3.00. The van der Waals surface area contributed by atoms with Gasteiger partial charge in [-0.3, -0.25) is 4.79 Å². The van der Waals surface area contributed by atoms with E-state index in [9.17, 15) is 4.79 Å². The summed E-state index contributed by atoms with van der Waals surface area (Å²) in [6.45, 7) is 1.40. The molecule has 1 fully saturated rings. The lowest BCUT2D eigenvalue weighted by molar-refractivity contribution is 0.0731. The smallest absolute Gasteiger partial charge is 0.256 e. The van der Waals surface area contributed by atoms with E-state index in [0.717, 1.165) is 47.8 Å². The minimum Gasteiger partial charge on any atom is -0.347 e. The van der Waals surface area contributed by atoms with E-state index in [1.54, 1.807) is 0 Å². The molecule has 2 aromatic carbocycles. The zero-order valence-corrected chi connectivity index (χ0v) is 15.3. The summed E-state index contributed by atoms with van der Waals surface area (Å²) in [6, 6.07) is 20.8. The van der Waals surface area contributed by atoms with Crippen molar-refractivity contribution >= 4 is 16.8 Å². The predicted octanol–water partition coefficient (Wildman–Crippen LogP) is 4.75. The van der Waals surface area contributed by atoms with Crippen molar-refractivity contribution in [2.45, 2.75) is 44.8 Å². The van der Waals surface area contributed by atoms with Gasteiger partial charge in [0.2, 0.25) is 0 Å². The molecule has 0 radical (unpaired) electrons. The Morgan fingerprint density at radius 3 is 2.59 bits per heavy atom. The molecule has 1 aliphatic rings. The van der Waals surface area contributed by atoms with Crippen LogP contribution in [0.3, 0.4) is 0 Å². The van der Waals surface area contributed by atoms with Gasteiger partial charge in [-0.25, -0.2) is 0 Å². The average Bonchev–Trinajstić information content (AvgIpc) is 3.48. The Bertz CT molecular complexity index is 980. The van der Waals surface area contributed by atoms with Crippen molar-refractivity contribution < 1.29 is 4.79 Å². The standard InChI is InChI=1S/C23H23N3O/c24-14-6-7-15-25-17-21(20-10-4-5-11-22(20)25)23(27)26(19-12-13-19)16-18-8-2-1-3-9-18/h1-5,8-11,17,19H,6-7,12-13,15-16H2. The third kappa shape index (κ3) is 3.73. The quantitative estimate of drug-likeness (QED) is 0.573. The third-order valence-corrected chi connectivity index (χ3v) is 5.15. The first-order chi connectivity index (χ1) is 13.3. The molecule has 27 heavy (non-hydrogen) atoms. The number of amides is 1. The van der Waals surface area contributed by atoms with Gasteiger partial charge >= 0.3 is 0 Å².